The summed E-state index contributed by atoms with van der Waals surface area (Å²) >= 11 is 8.38. The van der Waals surface area contributed by atoms with Crippen LogP contribution in [0, 0.1) is 0 Å². The first-order valence-corrected chi connectivity index (χ1v) is 3.42. The van der Waals surface area contributed by atoms with Crippen molar-refractivity contribution in [1.82, 2.24) is 0 Å². The van der Waals surface area contributed by atoms with Gasteiger partial charge < -0.3 is 6.16 Å². The topological polar surface area (TPSA) is 9.23 Å². The monoisotopic (exact) mass is 190 g/mol. The molecule has 0 aliphatic rings. The second-order valence-electron chi connectivity index (χ2n) is 1.60. The van der Waals surface area contributed by atoms with E-state index in [2.05, 4.69) is 24.8 Å². The fourth-order valence-corrected chi connectivity index (χ4v) is 0.600. The van der Waals surface area contributed by atoms with Crippen LogP contribution in [0.3, 0.4) is 0 Å². The molecular formula is C5H11KOS2. The number of thiol groups is 1. The van der Waals surface area contributed by atoms with E-state index in [-0.39, 0.29) is 58.9 Å². The average molecular weight is 190 g/mol. The predicted octanol–water partition coefficient (Wildman–Crippen LogP) is -0.867. The van der Waals surface area contributed by atoms with E-state index in [0.29, 0.717) is 4.38 Å². The van der Waals surface area contributed by atoms with Crippen LogP contribution >= 0.6 is 24.8 Å². The van der Waals surface area contributed by atoms with Crippen molar-refractivity contribution in [2.75, 3.05) is 0 Å². The van der Waals surface area contributed by atoms with E-state index in [4.69, 9.17) is 4.74 Å². The number of thiocarbonyl (C=S) groups is 1. The van der Waals surface area contributed by atoms with Crippen LogP contribution in [-0.2, 0) is 4.74 Å². The summed E-state index contributed by atoms with van der Waals surface area (Å²) in [5.41, 5.74) is 0. The molecule has 0 fully saturated rings. The van der Waals surface area contributed by atoms with E-state index in [1.165, 1.54) is 0 Å². The molecule has 4 heteroatoms. The van der Waals surface area contributed by atoms with Crippen molar-refractivity contribution in [1.29, 1.82) is 0 Å². The fourth-order valence-electron chi connectivity index (χ4n) is 0.255. The van der Waals surface area contributed by atoms with Crippen molar-refractivity contribution in [3.8, 4) is 0 Å². The second kappa shape index (κ2) is 7.98. The van der Waals surface area contributed by atoms with Gasteiger partial charge >= 0.3 is 51.4 Å². The van der Waals surface area contributed by atoms with Gasteiger partial charge in [0.05, 0.1) is 6.10 Å². The van der Waals surface area contributed by atoms with Crippen molar-refractivity contribution in [2.45, 2.75) is 26.4 Å². The molecule has 0 bridgehead atoms. The smallest absolute Gasteiger partial charge is 1.00 e. The molecule has 0 amide bonds. The summed E-state index contributed by atoms with van der Waals surface area (Å²) in [6.45, 7) is 4.00. The molecular weight excluding hydrogens is 179 g/mol. The van der Waals surface area contributed by atoms with Gasteiger partial charge in [0.15, 0.2) is 0 Å². The largest absolute Gasteiger partial charge is 1.00 e. The van der Waals surface area contributed by atoms with Gasteiger partial charge in [-0.25, -0.2) is 0 Å². The predicted molar refractivity (Wildman–Crippen MR) is 43.5 cm³/mol. The molecule has 0 aromatic heterocycles. The van der Waals surface area contributed by atoms with Gasteiger partial charge in [0.25, 0.3) is 0 Å². The maximum absolute atomic E-state index is 4.99. The Morgan fingerprint density at radius 3 is 2.44 bits per heavy atom. The Morgan fingerprint density at radius 2 is 2.33 bits per heavy atom. The minimum atomic E-state index is 0. The SMILES string of the molecule is CCC(C)OC(=S)S.[H-].[K+]. The summed E-state index contributed by atoms with van der Waals surface area (Å²) < 4.78 is 5.33. The third-order valence-electron chi connectivity index (χ3n) is 0.877. The Balaban J connectivity index is -0.000000245. The Bertz CT molecular complexity index is 91.7. The first-order chi connectivity index (χ1) is 3.66. The summed E-state index contributed by atoms with van der Waals surface area (Å²) in [5, 5.41) is 0. The van der Waals surface area contributed by atoms with E-state index in [1.54, 1.807) is 0 Å². The van der Waals surface area contributed by atoms with E-state index in [1.807, 2.05) is 13.8 Å². The Kier molecular flexibility index (Phi) is 11.9. The standard InChI is InChI=1S/C5H10OS2.K.H/c1-3-4(2)6-5(7)8;;/h4H,3H2,1-2H3,(H,7,8);;/q;+1;-1. The summed E-state index contributed by atoms with van der Waals surface area (Å²) in [7, 11) is 0. The zero-order valence-corrected chi connectivity index (χ0v) is 10.9. The van der Waals surface area contributed by atoms with Crippen LogP contribution in [0.5, 0.6) is 0 Å². The minimum absolute atomic E-state index is 0. The van der Waals surface area contributed by atoms with Gasteiger partial charge in [0.1, 0.15) is 0 Å². The minimum Gasteiger partial charge on any atom is -1.00 e. The van der Waals surface area contributed by atoms with Crippen molar-refractivity contribution < 1.29 is 57.5 Å². The normalized spacial score (nSPS) is 11.4. The van der Waals surface area contributed by atoms with E-state index >= 15 is 0 Å². The zero-order valence-electron chi connectivity index (χ0n) is 7.05. The average Bonchev–Trinajstić information content (AvgIpc) is 1.65. The van der Waals surface area contributed by atoms with Gasteiger partial charge in [-0.3, -0.25) is 0 Å². The van der Waals surface area contributed by atoms with Crippen LogP contribution in [0.25, 0.3) is 0 Å². The third kappa shape index (κ3) is 9.88. The quantitative estimate of drug-likeness (QED) is 0.344. The molecule has 0 aromatic rings. The Hall–Kier alpha value is 1.88. The number of ether oxygens (including phenoxy) is 1. The maximum Gasteiger partial charge on any atom is 1.00 e. The molecule has 0 aromatic carbocycles. The zero-order chi connectivity index (χ0) is 6.57. The van der Waals surface area contributed by atoms with Crippen LogP contribution in [-0.4, -0.2) is 10.5 Å². The molecule has 0 heterocycles. The number of hydrogen-bond acceptors (Lipinski definition) is 2. The summed E-state index contributed by atoms with van der Waals surface area (Å²) in [6, 6.07) is 0. The maximum atomic E-state index is 4.99. The van der Waals surface area contributed by atoms with Gasteiger partial charge in [0.2, 0.25) is 4.38 Å². The summed E-state index contributed by atoms with van der Waals surface area (Å²) in [5.74, 6) is 0. The van der Waals surface area contributed by atoms with Crippen LogP contribution in [0.1, 0.15) is 21.7 Å². The molecule has 0 aliphatic heterocycles. The number of hydrogen-bond donors (Lipinski definition) is 1. The Labute approximate surface area is 111 Å². The van der Waals surface area contributed by atoms with Gasteiger partial charge in [-0.2, -0.15) is 0 Å². The molecule has 0 saturated carbocycles. The molecule has 0 radical (unpaired) electrons. The fraction of sp³-hybridized carbons (Fsp3) is 0.800. The van der Waals surface area contributed by atoms with E-state index in [0.717, 1.165) is 6.42 Å². The van der Waals surface area contributed by atoms with Crippen LogP contribution in [0.15, 0.2) is 0 Å². The molecule has 0 rings (SSSR count). The third-order valence-corrected chi connectivity index (χ3v) is 1.08. The summed E-state index contributed by atoms with van der Waals surface area (Å²) in [4.78, 5) is 0. The van der Waals surface area contributed by atoms with E-state index < -0.39 is 0 Å². The van der Waals surface area contributed by atoms with Gasteiger partial charge in [-0.1, -0.05) is 19.6 Å². The molecule has 0 saturated heterocycles. The molecule has 1 nitrogen and oxygen atoms in total. The molecule has 9 heavy (non-hydrogen) atoms. The molecule has 0 N–H and O–H groups in total. The van der Waals surface area contributed by atoms with Crippen molar-refractivity contribution in [3.63, 3.8) is 0 Å². The molecule has 1 atom stereocenters. The van der Waals surface area contributed by atoms with Crippen LogP contribution < -0.4 is 51.4 Å². The van der Waals surface area contributed by atoms with Gasteiger partial charge in [0, 0.05) is 0 Å². The molecule has 1 unspecified atom stereocenters. The summed E-state index contributed by atoms with van der Waals surface area (Å²) in [6.07, 6.45) is 1.18. The number of rotatable bonds is 2. The van der Waals surface area contributed by atoms with Gasteiger partial charge in [-0.15, -0.1) is 0 Å². The molecule has 0 spiro atoms. The first kappa shape index (κ1) is 13.5. The van der Waals surface area contributed by atoms with Crippen molar-refractivity contribution in [3.05, 3.63) is 0 Å². The van der Waals surface area contributed by atoms with Crippen molar-refractivity contribution in [2.24, 2.45) is 0 Å². The molecule has 50 valence electrons. The van der Waals surface area contributed by atoms with E-state index in [9.17, 15) is 0 Å². The van der Waals surface area contributed by atoms with Crippen LogP contribution in [0.2, 0.25) is 0 Å². The van der Waals surface area contributed by atoms with Gasteiger partial charge in [-0.05, 0) is 25.6 Å². The molecule has 0 aliphatic carbocycles. The Morgan fingerprint density at radius 1 is 1.89 bits per heavy atom. The van der Waals surface area contributed by atoms with Crippen molar-refractivity contribution >= 4 is 29.2 Å². The second-order valence-corrected chi connectivity index (χ2v) is 2.68. The van der Waals surface area contributed by atoms with Crippen LogP contribution in [0.4, 0.5) is 0 Å². The first-order valence-electron chi connectivity index (χ1n) is 2.56.